The second-order valence-electron chi connectivity index (χ2n) is 4.69. The van der Waals surface area contributed by atoms with E-state index < -0.39 is 0 Å². The van der Waals surface area contributed by atoms with Crippen LogP contribution in [0.15, 0.2) is 11.6 Å². The van der Waals surface area contributed by atoms with E-state index in [-0.39, 0.29) is 0 Å². The summed E-state index contributed by atoms with van der Waals surface area (Å²) in [4.78, 5) is 4.43. The first kappa shape index (κ1) is 12.1. The molecule has 90 valence electrons. The SMILES string of the molecule is CCNC1CCCCCC1Cc1nccs1. The molecular formula is C13H22N2S. The summed E-state index contributed by atoms with van der Waals surface area (Å²) in [5.74, 6) is 0.800. The average molecular weight is 238 g/mol. The van der Waals surface area contributed by atoms with Crippen LogP contribution in [0, 0.1) is 5.92 Å². The summed E-state index contributed by atoms with van der Waals surface area (Å²) in [5, 5.41) is 7.07. The molecule has 0 bridgehead atoms. The lowest BCUT2D eigenvalue weighted by Crippen LogP contribution is -2.36. The quantitative estimate of drug-likeness (QED) is 0.815. The van der Waals surface area contributed by atoms with Crippen LogP contribution in [0.25, 0.3) is 0 Å². The highest BCUT2D eigenvalue weighted by Gasteiger charge is 2.23. The van der Waals surface area contributed by atoms with Crippen molar-refractivity contribution in [1.29, 1.82) is 0 Å². The third kappa shape index (κ3) is 3.29. The smallest absolute Gasteiger partial charge is 0.0928 e. The number of thiazole rings is 1. The van der Waals surface area contributed by atoms with E-state index in [1.165, 1.54) is 43.5 Å². The minimum atomic E-state index is 0.719. The fourth-order valence-electron chi connectivity index (χ4n) is 2.74. The minimum absolute atomic E-state index is 0.719. The maximum absolute atomic E-state index is 4.43. The standard InChI is InChI=1S/C13H22N2S/c1-2-14-12-7-5-3-4-6-11(12)10-13-15-8-9-16-13/h8-9,11-12,14H,2-7,10H2,1H3. The molecule has 2 rings (SSSR count). The van der Waals surface area contributed by atoms with E-state index >= 15 is 0 Å². The summed E-state index contributed by atoms with van der Waals surface area (Å²) >= 11 is 1.80. The van der Waals surface area contributed by atoms with Crippen molar-refractivity contribution in [2.75, 3.05) is 6.54 Å². The first-order valence-electron chi connectivity index (χ1n) is 6.52. The van der Waals surface area contributed by atoms with Gasteiger partial charge in [0.25, 0.3) is 0 Å². The summed E-state index contributed by atoms with van der Waals surface area (Å²) < 4.78 is 0. The predicted molar refractivity (Wildman–Crippen MR) is 69.9 cm³/mol. The van der Waals surface area contributed by atoms with Gasteiger partial charge in [-0.3, -0.25) is 0 Å². The van der Waals surface area contributed by atoms with Gasteiger partial charge in [-0.15, -0.1) is 11.3 Å². The zero-order valence-corrected chi connectivity index (χ0v) is 10.9. The molecule has 0 aromatic carbocycles. The molecule has 1 saturated carbocycles. The Bertz CT molecular complexity index is 284. The summed E-state index contributed by atoms with van der Waals surface area (Å²) in [6.07, 6.45) is 10.0. The van der Waals surface area contributed by atoms with Crippen LogP contribution in [0.2, 0.25) is 0 Å². The summed E-state index contributed by atoms with van der Waals surface area (Å²) in [6, 6.07) is 0.719. The van der Waals surface area contributed by atoms with Crippen LogP contribution >= 0.6 is 11.3 Å². The maximum Gasteiger partial charge on any atom is 0.0928 e. The number of nitrogens with one attached hydrogen (secondary N) is 1. The fourth-order valence-corrected chi connectivity index (χ4v) is 3.45. The normalized spacial score (nSPS) is 26.6. The lowest BCUT2D eigenvalue weighted by molar-refractivity contribution is 0.337. The van der Waals surface area contributed by atoms with Crippen molar-refractivity contribution in [1.82, 2.24) is 10.3 Å². The van der Waals surface area contributed by atoms with Gasteiger partial charge in [0.2, 0.25) is 0 Å². The molecule has 1 aliphatic carbocycles. The van der Waals surface area contributed by atoms with E-state index in [9.17, 15) is 0 Å². The van der Waals surface area contributed by atoms with Gasteiger partial charge in [-0.1, -0.05) is 26.2 Å². The van der Waals surface area contributed by atoms with Crippen molar-refractivity contribution in [2.45, 2.75) is 51.5 Å². The number of hydrogen-bond donors (Lipinski definition) is 1. The van der Waals surface area contributed by atoms with E-state index in [1.807, 2.05) is 6.20 Å². The van der Waals surface area contributed by atoms with Crippen LogP contribution in [0.1, 0.15) is 44.0 Å². The van der Waals surface area contributed by atoms with Gasteiger partial charge < -0.3 is 5.32 Å². The van der Waals surface area contributed by atoms with Gasteiger partial charge in [0.15, 0.2) is 0 Å². The first-order valence-corrected chi connectivity index (χ1v) is 7.40. The Morgan fingerprint density at radius 3 is 3.00 bits per heavy atom. The monoisotopic (exact) mass is 238 g/mol. The van der Waals surface area contributed by atoms with Crippen molar-refractivity contribution in [3.63, 3.8) is 0 Å². The van der Waals surface area contributed by atoms with E-state index in [0.29, 0.717) is 0 Å². The first-order chi connectivity index (χ1) is 7.90. The Balaban J connectivity index is 1.96. The summed E-state index contributed by atoms with van der Waals surface area (Å²) in [5.41, 5.74) is 0. The molecular weight excluding hydrogens is 216 g/mol. The molecule has 1 aliphatic rings. The minimum Gasteiger partial charge on any atom is -0.314 e. The molecule has 0 aliphatic heterocycles. The molecule has 1 fully saturated rings. The molecule has 16 heavy (non-hydrogen) atoms. The molecule has 0 spiro atoms. The third-order valence-electron chi connectivity index (χ3n) is 3.55. The Morgan fingerprint density at radius 2 is 2.25 bits per heavy atom. The van der Waals surface area contributed by atoms with Crippen molar-refractivity contribution in [3.8, 4) is 0 Å². The van der Waals surface area contributed by atoms with Gasteiger partial charge in [0.1, 0.15) is 0 Å². The maximum atomic E-state index is 4.43. The van der Waals surface area contributed by atoms with E-state index in [4.69, 9.17) is 0 Å². The zero-order chi connectivity index (χ0) is 11.2. The van der Waals surface area contributed by atoms with Crippen LogP contribution < -0.4 is 5.32 Å². The van der Waals surface area contributed by atoms with Crippen LogP contribution in [-0.2, 0) is 6.42 Å². The van der Waals surface area contributed by atoms with Crippen molar-refractivity contribution >= 4 is 11.3 Å². The average Bonchev–Trinajstić information content (AvgIpc) is 2.69. The van der Waals surface area contributed by atoms with Crippen molar-refractivity contribution in [3.05, 3.63) is 16.6 Å². The Hall–Kier alpha value is -0.410. The van der Waals surface area contributed by atoms with Crippen molar-refractivity contribution in [2.24, 2.45) is 5.92 Å². The van der Waals surface area contributed by atoms with Gasteiger partial charge in [-0.05, 0) is 25.3 Å². The largest absolute Gasteiger partial charge is 0.314 e. The van der Waals surface area contributed by atoms with Gasteiger partial charge in [0.05, 0.1) is 5.01 Å². The van der Waals surface area contributed by atoms with Gasteiger partial charge >= 0.3 is 0 Å². The molecule has 0 radical (unpaired) electrons. The second kappa shape index (κ2) is 6.36. The lowest BCUT2D eigenvalue weighted by atomic mass is 9.92. The molecule has 1 aromatic rings. The predicted octanol–water partition coefficient (Wildman–Crippen LogP) is 3.24. The molecule has 1 aromatic heterocycles. The zero-order valence-electron chi connectivity index (χ0n) is 10.1. The van der Waals surface area contributed by atoms with Crippen molar-refractivity contribution < 1.29 is 0 Å². The molecule has 3 heteroatoms. The Labute approximate surface area is 102 Å². The van der Waals surface area contributed by atoms with Crippen LogP contribution in [-0.4, -0.2) is 17.6 Å². The molecule has 2 nitrogen and oxygen atoms in total. The van der Waals surface area contributed by atoms with Crippen LogP contribution in [0.4, 0.5) is 0 Å². The molecule has 1 heterocycles. The number of rotatable bonds is 4. The van der Waals surface area contributed by atoms with E-state index in [2.05, 4.69) is 22.6 Å². The molecule has 2 atom stereocenters. The van der Waals surface area contributed by atoms with Crippen LogP contribution in [0.5, 0.6) is 0 Å². The summed E-state index contributed by atoms with van der Waals surface area (Å²) in [7, 11) is 0. The fraction of sp³-hybridized carbons (Fsp3) is 0.769. The molecule has 0 saturated heterocycles. The Kier molecular flexibility index (Phi) is 4.79. The van der Waals surface area contributed by atoms with Gasteiger partial charge in [-0.2, -0.15) is 0 Å². The highest BCUT2D eigenvalue weighted by atomic mass is 32.1. The van der Waals surface area contributed by atoms with Gasteiger partial charge in [-0.25, -0.2) is 4.98 Å². The molecule has 1 N–H and O–H groups in total. The highest BCUT2D eigenvalue weighted by molar-refractivity contribution is 7.09. The number of hydrogen-bond acceptors (Lipinski definition) is 3. The topological polar surface area (TPSA) is 24.9 Å². The van der Waals surface area contributed by atoms with Crippen LogP contribution in [0.3, 0.4) is 0 Å². The van der Waals surface area contributed by atoms with Gasteiger partial charge in [0, 0.05) is 24.0 Å². The molecule has 2 unspecified atom stereocenters. The Morgan fingerprint density at radius 1 is 1.38 bits per heavy atom. The lowest BCUT2D eigenvalue weighted by Gasteiger charge is -2.25. The third-order valence-corrected chi connectivity index (χ3v) is 4.35. The number of nitrogens with zero attached hydrogens (tertiary/aromatic N) is 1. The summed E-state index contributed by atoms with van der Waals surface area (Å²) in [6.45, 7) is 3.31. The van der Waals surface area contributed by atoms with E-state index in [0.717, 1.165) is 18.5 Å². The second-order valence-corrected chi connectivity index (χ2v) is 5.67. The van der Waals surface area contributed by atoms with E-state index in [1.54, 1.807) is 11.3 Å². The highest BCUT2D eigenvalue weighted by Crippen LogP contribution is 2.27. The molecule has 0 amide bonds. The number of aromatic nitrogens is 1.